The molecule has 15 heavy (non-hydrogen) atoms. The van der Waals surface area contributed by atoms with Crippen LogP contribution < -0.4 is 10.5 Å². The summed E-state index contributed by atoms with van der Waals surface area (Å²) in [6.45, 7) is 3.37. The van der Waals surface area contributed by atoms with E-state index in [4.69, 9.17) is 15.2 Å². The van der Waals surface area contributed by atoms with Crippen molar-refractivity contribution >= 4 is 0 Å². The summed E-state index contributed by atoms with van der Waals surface area (Å²) in [5.41, 5.74) is 6.96. The molecule has 84 valence electrons. The number of pyridine rings is 1. The largest absolute Gasteiger partial charge is 0.495 e. The van der Waals surface area contributed by atoms with Gasteiger partial charge >= 0.3 is 0 Å². The van der Waals surface area contributed by atoms with E-state index in [0.717, 1.165) is 24.3 Å². The number of nitrogens with zero attached hydrogens (tertiary/aromatic N) is 1. The van der Waals surface area contributed by atoms with Crippen LogP contribution in [-0.4, -0.2) is 25.3 Å². The lowest BCUT2D eigenvalue weighted by atomic mass is 10.1. The zero-order chi connectivity index (χ0) is 11.1. The van der Waals surface area contributed by atoms with Crippen molar-refractivity contribution in [2.24, 2.45) is 5.73 Å². The minimum Gasteiger partial charge on any atom is -0.495 e. The topological polar surface area (TPSA) is 57.4 Å². The van der Waals surface area contributed by atoms with Crippen molar-refractivity contribution < 1.29 is 9.47 Å². The Bertz CT molecular complexity index is 292. The van der Waals surface area contributed by atoms with Crippen molar-refractivity contribution in [2.75, 3.05) is 20.3 Å². The van der Waals surface area contributed by atoms with Crippen molar-refractivity contribution in [1.29, 1.82) is 0 Å². The number of nitrogens with two attached hydrogens (primary N) is 1. The molecule has 1 aromatic heterocycles. The fraction of sp³-hybridized carbons (Fsp3) is 0.545. The van der Waals surface area contributed by atoms with Crippen molar-refractivity contribution in [3.63, 3.8) is 0 Å². The first-order chi connectivity index (χ1) is 7.27. The van der Waals surface area contributed by atoms with Crippen LogP contribution in [-0.2, 0) is 4.74 Å². The smallest absolute Gasteiger partial charge is 0.137 e. The lowest BCUT2D eigenvalue weighted by Crippen LogP contribution is -2.13. The maximum absolute atomic E-state index is 5.98. The number of hydrogen-bond acceptors (Lipinski definition) is 4. The first-order valence-corrected chi connectivity index (χ1v) is 5.10. The van der Waals surface area contributed by atoms with Crippen molar-refractivity contribution in [2.45, 2.75) is 19.4 Å². The van der Waals surface area contributed by atoms with Gasteiger partial charge in [0.05, 0.1) is 13.3 Å². The van der Waals surface area contributed by atoms with Crippen LogP contribution >= 0.6 is 0 Å². The molecule has 0 saturated carbocycles. The minimum atomic E-state index is -0.0425. The average molecular weight is 210 g/mol. The Labute approximate surface area is 90.4 Å². The van der Waals surface area contributed by atoms with Crippen LogP contribution in [0.1, 0.15) is 24.9 Å². The molecule has 0 aromatic carbocycles. The molecule has 0 amide bonds. The molecule has 0 bridgehead atoms. The molecular formula is C11H18N2O2. The molecule has 1 unspecified atom stereocenters. The Morgan fingerprint density at radius 1 is 1.47 bits per heavy atom. The van der Waals surface area contributed by atoms with Crippen LogP contribution in [0.15, 0.2) is 18.5 Å². The Morgan fingerprint density at radius 2 is 2.27 bits per heavy atom. The number of aromatic nitrogens is 1. The van der Waals surface area contributed by atoms with E-state index < -0.39 is 0 Å². The van der Waals surface area contributed by atoms with Crippen LogP contribution in [0.3, 0.4) is 0 Å². The maximum Gasteiger partial charge on any atom is 0.137 e. The number of hydrogen-bond donors (Lipinski definition) is 1. The molecule has 1 aromatic rings. The molecule has 0 aliphatic carbocycles. The van der Waals surface area contributed by atoms with Crippen LogP contribution in [0.4, 0.5) is 0 Å². The first-order valence-electron chi connectivity index (χ1n) is 5.10. The predicted molar refractivity (Wildman–Crippen MR) is 58.8 cm³/mol. The average Bonchev–Trinajstić information content (AvgIpc) is 2.29. The number of rotatable bonds is 6. The standard InChI is InChI=1S/C11H18N2O2/c1-3-15-5-4-11(12)9-6-10(14-2)8-13-7-9/h6-8,11H,3-5,12H2,1-2H3. The maximum atomic E-state index is 5.98. The lowest BCUT2D eigenvalue weighted by Gasteiger charge is -2.12. The fourth-order valence-electron chi connectivity index (χ4n) is 1.27. The third kappa shape index (κ3) is 3.85. The second kappa shape index (κ2) is 6.37. The molecule has 1 rings (SSSR count). The summed E-state index contributed by atoms with van der Waals surface area (Å²) >= 11 is 0. The van der Waals surface area contributed by atoms with Gasteiger partial charge in [0.2, 0.25) is 0 Å². The SMILES string of the molecule is CCOCCC(N)c1cncc(OC)c1. The Hall–Kier alpha value is -1.13. The van der Waals surface area contributed by atoms with Gasteiger partial charge in [0.15, 0.2) is 0 Å². The van der Waals surface area contributed by atoms with Gasteiger partial charge in [-0.25, -0.2) is 0 Å². The zero-order valence-electron chi connectivity index (χ0n) is 9.27. The highest BCUT2D eigenvalue weighted by atomic mass is 16.5. The quantitative estimate of drug-likeness (QED) is 0.723. The van der Waals surface area contributed by atoms with Gasteiger partial charge in [-0.15, -0.1) is 0 Å². The van der Waals surface area contributed by atoms with E-state index in [1.54, 1.807) is 19.5 Å². The summed E-state index contributed by atoms with van der Waals surface area (Å²) in [7, 11) is 1.62. The monoisotopic (exact) mass is 210 g/mol. The van der Waals surface area contributed by atoms with E-state index >= 15 is 0 Å². The van der Waals surface area contributed by atoms with E-state index in [1.807, 2.05) is 13.0 Å². The Balaban J connectivity index is 2.52. The van der Waals surface area contributed by atoms with Gasteiger partial charge in [-0.05, 0) is 25.0 Å². The van der Waals surface area contributed by atoms with Crippen LogP contribution in [0.2, 0.25) is 0 Å². The zero-order valence-corrected chi connectivity index (χ0v) is 9.27. The summed E-state index contributed by atoms with van der Waals surface area (Å²) in [5.74, 6) is 0.736. The Morgan fingerprint density at radius 3 is 2.93 bits per heavy atom. The van der Waals surface area contributed by atoms with E-state index in [9.17, 15) is 0 Å². The van der Waals surface area contributed by atoms with Gasteiger partial charge in [-0.2, -0.15) is 0 Å². The van der Waals surface area contributed by atoms with Gasteiger partial charge < -0.3 is 15.2 Å². The second-order valence-electron chi connectivity index (χ2n) is 3.25. The second-order valence-corrected chi connectivity index (χ2v) is 3.25. The highest BCUT2D eigenvalue weighted by Crippen LogP contribution is 2.17. The molecule has 1 atom stereocenters. The summed E-state index contributed by atoms with van der Waals surface area (Å²) < 4.78 is 10.3. The summed E-state index contributed by atoms with van der Waals surface area (Å²) in [6.07, 6.45) is 4.22. The van der Waals surface area contributed by atoms with E-state index in [0.29, 0.717) is 6.61 Å². The molecule has 0 radical (unpaired) electrons. The molecule has 2 N–H and O–H groups in total. The molecule has 1 heterocycles. The van der Waals surface area contributed by atoms with Crippen LogP contribution in [0, 0.1) is 0 Å². The molecule has 4 nitrogen and oxygen atoms in total. The highest BCUT2D eigenvalue weighted by Gasteiger charge is 2.07. The van der Waals surface area contributed by atoms with Crippen molar-refractivity contribution in [1.82, 2.24) is 4.98 Å². The lowest BCUT2D eigenvalue weighted by molar-refractivity contribution is 0.140. The van der Waals surface area contributed by atoms with Gasteiger partial charge in [0.1, 0.15) is 5.75 Å². The molecule has 0 fully saturated rings. The Kier molecular flexibility index (Phi) is 5.07. The normalized spacial score (nSPS) is 12.5. The summed E-state index contributed by atoms with van der Waals surface area (Å²) in [5, 5.41) is 0. The van der Waals surface area contributed by atoms with E-state index in [1.165, 1.54) is 0 Å². The van der Waals surface area contributed by atoms with Crippen molar-refractivity contribution in [3.05, 3.63) is 24.0 Å². The molecular weight excluding hydrogens is 192 g/mol. The molecule has 0 spiro atoms. The number of methoxy groups -OCH3 is 1. The molecule has 0 aliphatic rings. The third-order valence-electron chi connectivity index (χ3n) is 2.18. The first kappa shape index (κ1) is 11.9. The van der Waals surface area contributed by atoms with Crippen LogP contribution in [0.25, 0.3) is 0 Å². The fourth-order valence-corrected chi connectivity index (χ4v) is 1.27. The third-order valence-corrected chi connectivity index (χ3v) is 2.18. The molecule has 0 saturated heterocycles. The van der Waals surface area contributed by atoms with Gasteiger partial charge in [0, 0.05) is 25.5 Å². The minimum absolute atomic E-state index is 0.0425. The van der Waals surface area contributed by atoms with E-state index in [-0.39, 0.29) is 6.04 Å². The number of ether oxygens (including phenoxy) is 2. The van der Waals surface area contributed by atoms with E-state index in [2.05, 4.69) is 4.98 Å². The van der Waals surface area contributed by atoms with Gasteiger partial charge in [0.25, 0.3) is 0 Å². The van der Waals surface area contributed by atoms with Crippen molar-refractivity contribution in [3.8, 4) is 5.75 Å². The van der Waals surface area contributed by atoms with Crippen LogP contribution in [0.5, 0.6) is 5.75 Å². The summed E-state index contributed by atoms with van der Waals surface area (Å²) in [4.78, 5) is 4.06. The highest BCUT2D eigenvalue weighted by molar-refractivity contribution is 5.25. The molecule has 0 aliphatic heterocycles. The predicted octanol–water partition coefficient (Wildman–Crippen LogP) is 1.52. The van der Waals surface area contributed by atoms with Gasteiger partial charge in [-0.3, -0.25) is 4.98 Å². The summed E-state index contributed by atoms with van der Waals surface area (Å²) in [6, 6.07) is 1.86. The van der Waals surface area contributed by atoms with Gasteiger partial charge in [-0.1, -0.05) is 0 Å². The molecule has 4 heteroatoms.